The van der Waals surface area contributed by atoms with Crippen LogP contribution in [-0.4, -0.2) is 31.5 Å². The van der Waals surface area contributed by atoms with Gasteiger partial charge in [-0.15, -0.1) is 0 Å². The lowest BCUT2D eigenvalue weighted by Gasteiger charge is -2.25. The van der Waals surface area contributed by atoms with Crippen LogP contribution in [0.3, 0.4) is 0 Å². The summed E-state index contributed by atoms with van der Waals surface area (Å²) in [5.74, 6) is 0. The first-order valence-electron chi connectivity index (χ1n) is 2.87. The fourth-order valence-electron chi connectivity index (χ4n) is 0.353. The molecule has 0 saturated carbocycles. The van der Waals surface area contributed by atoms with Crippen LogP contribution in [0.5, 0.6) is 0 Å². The van der Waals surface area contributed by atoms with E-state index < -0.39 is 21.0 Å². The van der Waals surface area contributed by atoms with Crippen molar-refractivity contribution in [3.63, 3.8) is 0 Å². The Hall–Kier alpha value is 0.184. The smallest absolute Gasteiger partial charge is 0.281 e. The van der Waals surface area contributed by atoms with Gasteiger partial charge < -0.3 is 4.12 Å². The molecule has 0 bridgehead atoms. The maximum atomic E-state index is 12.6. The van der Waals surface area contributed by atoms with E-state index in [9.17, 15) is 13.2 Å². The molecule has 10 heavy (non-hydrogen) atoms. The van der Waals surface area contributed by atoms with E-state index in [1.807, 2.05) is 0 Å². The van der Waals surface area contributed by atoms with Crippen molar-refractivity contribution in [3.05, 3.63) is 0 Å². The van der Waals surface area contributed by atoms with E-state index in [0.29, 0.717) is 0 Å². The van der Waals surface area contributed by atoms with Crippen LogP contribution in [0.4, 0.5) is 13.2 Å². The quantitative estimate of drug-likeness (QED) is 0.553. The minimum atomic E-state index is -3.23. The van der Waals surface area contributed by atoms with Crippen LogP contribution in [0, 0.1) is 0 Å². The van der Waals surface area contributed by atoms with Crippen LogP contribution >= 0.6 is 0 Å². The summed E-state index contributed by atoms with van der Waals surface area (Å²) in [6, 6.07) is 0. The van der Waals surface area contributed by atoms with E-state index in [4.69, 9.17) is 0 Å². The van der Waals surface area contributed by atoms with Gasteiger partial charge in [-0.2, -0.15) is 0 Å². The predicted molar refractivity (Wildman–Crippen MR) is 39.7 cm³/mol. The Morgan fingerprint density at radius 3 is 1.80 bits per heavy atom. The van der Waals surface area contributed by atoms with Crippen molar-refractivity contribution < 1.29 is 17.3 Å². The molecular formula is C4H11F3OSi2. The molecule has 0 aromatic rings. The Morgan fingerprint density at radius 2 is 1.70 bits per heavy atom. The van der Waals surface area contributed by atoms with Gasteiger partial charge in [-0.05, 0) is 13.8 Å². The Morgan fingerprint density at radius 1 is 1.30 bits per heavy atom. The van der Waals surface area contributed by atoms with Gasteiger partial charge in [0.15, 0.2) is 5.67 Å². The number of hydrogen-bond acceptors (Lipinski definition) is 1. The fourth-order valence-corrected chi connectivity index (χ4v) is 2.15. The maximum absolute atomic E-state index is 12.6. The summed E-state index contributed by atoms with van der Waals surface area (Å²) in [7, 11) is -1.73. The van der Waals surface area contributed by atoms with Crippen molar-refractivity contribution in [2.24, 2.45) is 0 Å². The summed E-state index contributed by atoms with van der Waals surface area (Å²) in [6.45, 7) is 1.75. The third-order valence-corrected chi connectivity index (χ3v) is 3.55. The van der Waals surface area contributed by atoms with Gasteiger partial charge in [0.1, 0.15) is 10.5 Å². The largest absolute Gasteiger partial charge is 0.464 e. The lowest BCUT2D eigenvalue weighted by molar-refractivity contribution is -0.0581. The molecule has 0 aromatic heterocycles. The van der Waals surface area contributed by atoms with Gasteiger partial charge in [0.05, 0.1) is 0 Å². The number of hydrogen-bond donors (Lipinski definition) is 0. The second kappa shape index (κ2) is 3.06. The highest BCUT2D eigenvalue weighted by atomic mass is 28.3. The van der Waals surface area contributed by atoms with Crippen molar-refractivity contribution in [1.29, 1.82) is 0 Å². The molecule has 0 atom stereocenters. The summed E-state index contributed by atoms with van der Waals surface area (Å²) in [5, 5.41) is 0. The van der Waals surface area contributed by atoms with Crippen molar-refractivity contribution in [2.75, 3.05) is 0 Å². The molecule has 0 aromatic carbocycles. The second-order valence-corrected chi connectivity index (χ2v) is 6.10. The molecule has 0 N–H and O–H groups in total. The molecule has 6 heteroatoms. The SMILES string of the molecule is CC(C)(F)C(F)(F)[SiH2]O[SiH3]. The minimum absolute atomic E-state index is 0.269. The van der Waals surface area contributed by atoms with Gasteiger partial charge in [0.2, 0.25) is 9.76 Å². The molecule has 0 fully saturated rings. The van der Waals surface area contributed by atoms with Gasteiger partial charge in [0.25, 0.3) is 5.55 Å². The maximum Gasteiger partial charge on any atom is 0.281 e. The van der Waals surface area contributed by atoms with E-state index in [-0.39, 0.29) is 10.5 Å². The van der Waals surface area contributed by atoms with E-state index in [1.54, 1.807) is 0 Å². The van der Waals surface area contributed by atoms with E-state index >= 15 is 0 Å². The van der Waals surface area contributed by atoms with Crippen molar-refractivity contribution in [1.82, 2.24) is 0 Å². The van der Waals surface area contributed by atoms with E-state index in [0.717, 1.165) is 13.8 Å². The summed E-state index contributed by atoms with van der Waals surface area (Å²) in [6.07, 6.45) is 0. The molecule has 0 aliphatic rings. The molecule has 0 amide bonds. The summed E-state index contributed by atoms with van der Waals surface area (Å²) < 4.78 is 42.0. The van der Waals surface area contributed by atoms with E-state index in [1.165, 1.54) is 0 Å². The van der Waals surface area contributed by atoms with Gasteiger partial charge in [-0.1, -0.05) is 0 Å². The first-order valence-corrected chi connectivity index (χ1v) is 4.97. The van der Waals surface area contributed by atoms with Crippen LogP contribution in [0.25, 0.3) is 0 Å². The molecule has 0 heterocycles. The molecular weight excluding hydrogens is 177 g/mol. The normalized spacial score (nSPS) is 15.3. The fraction of sp³-hybridized carbons (Fsp3) is 1.00. The Kier molecular flexibility index (Phi) is 3.11. The van der Waals surface area contributed by atoms with Crippen LogP contribution in [0.2, 0.25) is 0 Å². The third kappa shape index (κ3) is 2.43. The zero-order chi connectivity index (χ0) is 8.41. The second-order valence-electron chi connectivity index (χ2n) is 2.61. The highest BCUT2D eigenvalue weighted by molar-refractivity contribution is 6.37. The first-order chi connectivity index (χ1) is 4.31. The highest BCUT2D eigenvalue weighted by Gasteiger charge is 2.47. The van der Waals surface area contributed by atoms with Gasteiger partial charge >= 0.3 is 0 Å². The number of halogens is 3. The molecule has 0 saturated heterocycles. The van der Waals surface area contributed by atoms with Crippen LogP contribution in [0.15, 0.2) is 0 Å². The Balaban J connectivity index is 4.10. The summed E-state index contributed by atoms with van der Waals surface area (Å²) in [4.78, 5) is 0. The minimum Gasteiger partial charge on any atom is -0.464 e. The molecule has 0 aliphatic carbocycles. The standard InChI is InChI=1S/C4H11F3OSi2/c1-3(2,5)4(6,7)10-8-9/h10H2,1-2,9H3. The van der Waals surface area contributed by atoms with Crippen LogP contribution < -0.4 is 0 Å². The predicted octanol–water partition coefficient (Wildman–Crippen LogP) is -0.292. The first kappa shape index (κ1) is 10.2. The topological polar surface area (TPSA) is 9.23 Å². The lowest BCUT2D eigenvalue weighted by Crippen LogP contribution is -2.44. The van der Waals surface area contributed by atoms with Crippen molar-refractivity contribution in [3.8, 4) is 0 Å². The third-order valence-electron chi connectivity index (χ3n) is 1.20. The molecule has 62 valence electrons. The molecule has 1 nitrogen and oxygen atoms in total. The van der Waals surface area contributed by atoms with E-state index in [2.05, 4.69) is 4.12 Å². The van der Waals surface area contributed by atoms with Crippen LogP contribution in [0.1, 0.15) is 13.8 Å². The highest BCUT2D eigenvalue weighted by Crippen LogP contribution is 2.30. The van der Waals surface area contributed by atoms with Crippen LogP contribution in [-0.2, 0) is 4.12 Å². The Bertz CT molecular complexity index is 112. The van der Waals surface area contributed by atoms with Gasteiger partial charge in [-0.25, -0.2) is 13.2 Å². The lowest BCUT2D eigenvalue weighted by atomic mass is 10.2. The van der Waals surface area contributed by atoms with Crippen molar-refractivity contribution >= 4 is 20.2 Å². The zero-order valence-corrected chi connectivity index (χ0v) is 9.66. The van der Waals surface area contributed by atoms with Gasteiger partial charge in [0, 0.05) is 0 Å². The number of alkyl halides is 3. The average molecular weight is 188 g/mol. The number of rotatable bonds is 3. The Labute approximate surface area is 63.4 Å². The molecule has 0 aliphatic heterocycles. The summed E-state index contributed by atoms with van der Waals surface area (Å²) >= 11 is 0. The van der Waals surface area contributed by atoms with Crippen molar-refractivity contribution in [2.45, 2.75) is 25.1 Å². The molecule has 0 radical (unpaired) electrons. The average Bonchev–Trinajstić information content (AvgIpc) is 1.61. The molecule has 0 unspecified atom stereocenters. The zero-order valence-electron chi connectivity index (χ0n) is 6.25. The van der Waals surface area contributed by atoms with Gasteiger partial charge in [-0.3, -0.25) is 0 Å². The molecule has 0 spiro atoms. The monoisotopic (exact) mass is 188 g/mol. The summed E-state index contributed by atoms with van der Waals surface area (Å²) in [5.41, 5.74) is -5.65. The molecule has 0 rings (SSSR count).